The average Bonchev–Trinajstić information content (AvgIpc) is 3.32. The van der Waals surface area contributed by atoms with E-state index in [4.69, 9.17) is 8.83 Å². The molecule has 8 heteroatoms. The van der Waals surface area contributed by atoms with Crippen molar-refractivity contribution < 1.29 is 23.5 Å². The Balaban J connectivity index is 1.67. The second kappa shape index (κ2) is 7.68. The van der Waals surface area contributed by atoms with Crippen molar-refractivity contribution in [2.75, 3.05) is 5.32 Å². The van der Waals surface area contributed by atoms with Gasteiger partial charge in [0.1, 0.15) is 18.1 Å². The number of nitrogens with one attached hydrogen (secondary N) is 1. The lowest BCUT2D eigenvalue weighted by atomic mass is 9.83. The molecule has 2 aromatic heterocycles. The number of aryl methyl sites for hydroxylation is 1. The van der Waals surface area contributed by atoms with E-state index in [0.29, 0.717) is 34.1 Å². The lowest BCUT2D eigenvalue weighted by Gasteiger charge is -2.22. The normalized spacial score (nSPS) is 19.7. The quantitative estimate of drug-likeness (QED) is 0.607. The Morgan fingerprint density at radius 1 is 1.23 bits per heavy atom. The Hall–Kier alpha value is -3.00. The minimum Gasteiger partial charge on any atom is -0.448 e. The van der Waals surface area contributed by atoms with E-state index in [1.807, 2.05) is 0 Å². The van der Waals surface area contributed by atoms with E-state index in [2.05, 4.69) is 15.3 Å². The Morgan fingerprint density at radius 2 is 1.97 bits per heavy atom. The van der Waals surface area contributed by atoms with E-state index in [9.17, 15) is 14.7 Å². The molecule has 0 unspecified atom stereocenters. The molecular formula is C22H25N3O5. The second-order valence-corrected chi connectivity index (χ2v) is 8.43. The number of fused-ring (bicyclic) bond motifs is 1. The number of carbonyl (C=O) groups is 2. The Morgan fingerprint density at radius 3 is 2.57 bits per heavy atom. The number of carbonyl (C=O) groups excluding carboxylic acids is 2. The smallest absolute Gasteiger partial charge is 0.277 e. The van der Waals surface area contributed by atoms with Gasteiger partial charge in [-0.25, -0.2) is 9.97 Å². The zero-order valence-electron chi connectivity index (χ0n) is 17.3. The summed E-state index contributed by atoms with van der Waals surface area (Å²) in [5, 5.41) is 13.4. The Kier molecular flexibility index (Phi) is 5.19. The highest BCUT2D eigenvalue weighted by Gasteiger charge is 2.28. The molecule has 0 saturated heterocycles. The van der Waals surface area contributed by atoms with Crippen LogP contribution < -0.4 is 5.32 Å². The summed E-state index contributed by atoms with van der Waals surface area (Å²) in [7, 11) is 0. The van der Waals surface area contributed by atoms with E-state index >= 15 is 0 Å². The summed E-state index contributed by atoms with van der Waals surface area (Å²) < 4.78 is 11.1. The molecule has 1 fully saturated rings. The molecule has 158 valence electrons. The number of aromatic nitrogens is 2. The first-order chi connectivity index (χ1) is 14.2. The number of anilines is 1. The molecule has 0 aliphatic heterocycles. The first-order valence-electron chi connectivity index (χ1n) is 10.1. The van der Waals surface area contributed by atoms with Gasteiger partial charge in [0.05, 0.1) is 11.3 Å². The van der Waals surface area contributed by atoms with Crippen LogP contribution in [0.2, 0.25) is 0 Å². The van der Waals surface area contributed by atoms with Crippen LogP contribution in [0.5, 0.6) is 0 Å². The summed E-state index contributed by atoms with van der Waals surface area (Å²) in [6.45, 7) is 4.95. The molecule has 30 heavy (non-hydrogen) atoms. The molecule has 2 heterocycles. The molecule has 1 amide bonds. The lowest BCUT2D eigenvalue weighted by molar-refractivity contribution is -0.112. The number of nitrogens with zero attached hydrogens (tertiary/aromatic N) is 2. The molecule has 1 saturated carbocycles. The number of hydrogen-bond donors (Lipinski definition) is 2. The molecule has 1 aliphatic carbocycles. The van der Waals surface area contributed by atoms with Crippen molar-refractivity contribution >= 4 is 29.0 Å². The van der Waals surface area contributed by atoms with Crippen LogP contribution in [0.25, 0.3) is 11.1 Å². The molecule has 0 bridgehead atoms. The summed E-state index contributed by atoms with van der Waals surface area (Å²) in [5.74, 6) is 0.863. The van der Waals surface area contributed by atoms with Crippen molar-refractivity contribution in [3.05, 3.63) is 41.4 Å². The summed E-state index contributed by atoms with van der Waals surface area (Å²) in [5.41, 5.74) is 1.04. The van der Waals surface area contributed by atoms with Gasteiger partial charge in [-0.15, -0.1) is 0 Å². The van der Waals surface area contributed by atoms with E-state index < -0.39 is 11.5 Å². The van der Waals surface area contributed by atoms with Gasteiger partial charge in [-0.3, -0.25) is 4.79 Å². The van der Waals surface area contributed by atoms with Crippen molar-refractivity contribution in [2.24, 2.45) is 5.92 Å². The molecule has 2 N–H and O–H groups in total. The van der Waals surface area contributed by atoms with Gasteiger partial charge in [0, 0.05) is 30.4 Å². The minimum atomic E-state index is -1.21. The number of rotatable bonds is 5. The third kappa shape index (κ3) is 4.00. The maximum Gasteiger partial charge on any atom is 0.277 e. The van der Waals surface area contributed by atoms with E-state index in [1.165, 1.54) is 6.26 Å². The molecule has 4 rings (SSSR count). The van der Waals surface area contributed by atoms with Crippen LogP contribution >= 0.6 is 0 Å². The van der Waals surface area contributed by atoms with Crippen LogP contribution in [-0.2, 0) is 10.4 Å². The van der Waals surface area contributed by atoms with Gasteiger partial charge in [0.25, 0.3) is 5.91 Å². The van der Waals surface area contributed by atoms with Crippen molar-refractivity contribution in [1.82, 2.24) is 9.97 Å². The number of amides is 1. The highest BCUT2D eigenvalue weighted by Crippen LogP contribution is 2.38. The fraction of sp³-hybridized carbons (Fsp3) is 0.455. The Labute approximate surface area is 173 Å². The molecule has 1 aliphatic rings. The summed E-state index contributed by atoms with van der Waals surface area (Å²) in [6.07, 6.45) is 5.69. The standard InChI is InChI=1S/C22H25N3O5/c1-12-23-18(11-29-12)20(27)24-16-9-19-17(8-15(16)22(2,3)28)25-21(30-19)14-6-4-13(10-26)5-7-14/h8-11,13-14,28H,4-7H2,1-3H3,(H,24,27)/t13-,14-. The fourth-order valence-electron chi connectivity index (χ4n) is 3.93. The van der Waals surface area contributed by atoms with Crippen LogP contribution in [0.3, 0.4) is 0 Å². The van der Waals surface area contributed by atoms with E-state index in [1.54, 1.807) is 32.9 Å². The Bertz CT molecular complexity index is 1080. The fourth-order valence-corrected chi connectivity index (χ4v) is 3.93. The minimum absolute atomic E-state index is 0.120. The van der Waals surface area contributed by atoms with Crippen LogP contribution in [0, 0.1) is 12.8 Å². The van der Waals surface area contributed by atoms with Crippen LogP contribution in [0.4, 0.5) is 5.69 Å². The van der Waals surface area contributed by atoms with E-state index in [-0.39, 0.29) is 17.5 Å². The summed E-state index contributed by atoms with van der Waals surface area (Å²) in [4.78, 5) is 32.2. The topological polar surface area (TPSA) is 118 Å². The molecule has 1 aromatic carbocycles. The molecule has 0 atom stereocenters. The van der Waals surface area contributed by atoms with Gasteiger partial charge < -0.3 is 24.1 Å². The molecular weight excluding hydrogens is 386 g/mol. The molecule has 0 radical (unpaired) electrons. The number of aliphatic hydroxyl groups is 1. The average molecular weight is 411 g/mol. The highest BCUT2D eigenvalue weighted by atomic mass is 16.3. The van der Waals surface area contributed by atoms with Gasteiger partial charge >= 0.3 is 0 Å². The number of oxazole rings is 2. The summed E-state index contributed by atoms with van der Waals surface area (Å²) >= 11 is 0. The first kappa shape index (κ1) is 20.3. The van der Waals surface area contributed by atoms with Gasteiger partial charge in [-0.1, -0.05) is 0 Å². The van der Waals surface area contributed by atoms with Crippen LogP contribution in [-0.4, -0.2) is 27.3 Å². The van der Waals surface area contributed by atoms with Crippen molar-refractivity contribution in [3.8, 4) is 0 Å². The largest absolute Gasteiger partial charge is 0.448 e. The molecule has 8 nitrogen and oxygen atoms in total. The predicted octanol–water partition coefficient (Wildman–Crippen LogP) is 4.08. The zero-order chi connectivity index (χ0) is 21.5. The van der Waals surface area contributed by atoms with E-state index in [0.717, 1.165) is 32.0 Å². The zero-order valence-corrected chi connectivity index (χ0v) is 17.3. The maximum absolute atomic E-state index is 12.6. The SMILES string of the molecule is Cc1nc(C(=O)Nc2cc3oc([C@H]4CC[C@H](C=O)CC4)nc3cc2C(C)(C)O)co1. The summed E-state index contributed by atoms with van der Waals surface area (Å²) in [6, 6.07) is 3.42. The van der Waals surface area contributed by atoms with Gasteiger partial charge in [0.15, 0.2) is 23.1 Å². The third-order valence-corrected chi connectivity index (χ3v) is 5.62. The molecule has 3 aromatic rings. The molecule has 0 spiro atoms. The number of aldehydes is 1. The van der Waals surface area contributed by atoms with Crippen molar-refractivity contribution in [1.29, 1.82) is 0 Å². The highest BCUT2D eigenvalue weighted by molar-refractivity contribution is 6.04. The lowest BCUT2D eigenvalue weighted by Crippen LogP contribution is -2.21. The second-order valence-electron chi connectivity index (χ2n) is 8.43. The van der Waals surface area contributed by atoms with Gasteiger partial charge in [-0.05, 0) is 45.6 Å². The number of benzene rings is 1. The van der Waals surface area contributed by atoms with Crippen LogP contribution in [0.15, 0.2) is 27.2 Å². The van der Waals surface area contributed by atoms with Crippen LogP contribution in [0.1, 0.15) is 73.3 Å². The number of hydrogen-bond acceptors (Lipinski definition) is 7. The maximum atomic E-state index is 12.6. The van der Waals surface area contributed by atoms with Crippen molar-refractivity contribution in [2.45, 2.75) is 58.0 Å². The first-order valence-corrected chi connectivity index (χ1v) is 10.1. The van der Waals surface area contributed by atoms with Gasteiger partial charge in [0.2, 0.25) is 0 Å². The third-order valence-electron chi connectivity index (χ3n) is 5.62. The monoisotopic (exact) mass is 411 g/mol. The van der Waals surface area contributed by atoms with Gasteiger partial charge in [-0.2, -0.15) is 0 Å². The predicted molar refractivity (Wildman–Crippen MR) is 109 cm³/mol. The van der Waals surface area contributed by atoms with Crippen molar-refractivity contribution in [3.63, 3.8) is 0 Å².